The summed E-state index contributed by atoms with van der Waals surface area (Å²) in [6.45, 7) is 0. The van der Waals surface area contributed by atoms with E-state index in [0.717, 1.165) is 16.6 Å². The molecule has 0 fully saturated rings. The lowest BCUT2D eigenvalue weighted by atomic mass is 10.2. The highest BCUT2D eigenvalue weighted by molar-refractivity contribution is 5.86. The third-order valence-electron chi connectivity index (χ3n) is 4.30. The molecule has 0 spiro atoms. The van der Waals surface area contributed by atoms with Crippen LogP contribution in [0.5, 0.6) is 0 Å². The van der Waals surface area contributed by atoms with Crippen molar-refractivity contribution >= 4 is 22.3 Å². The topological polar surface area (TPSA) is 43.6 Å². The van der Waals surface area contributed by atoms with Gasteiger partial charge in [0.1, 0.15) is 11.6 Å². The lowest BCUT2D eigenvalue weighted by Gasteiger charge is -2.09. The van der Waals surface area contributed by atoms with Crippen molar-refractivity contribution in [2.24, 2.45) is 0 Å². The van der Waals surface area contributed by atoms with E-state index >= 15 is 0 Å². The molecule has 0 saturated heterocycles. The van der Waals surface area contributed by atoms with Gasteiger partial charge in [-0.2, -0.15) is 0 Å². The number of hydrogen-bond donors (Lipinski definition) is 0. The van der Waals surface area contributed by atoms with Crippen molar-refractivity contribution in [3.8, 4) is 17.1 Å². The number of rotatable bonds is 2. The quantitative estimate of drug-likeness (QED) is 0.465. The Labute approximate surface area is 148 Å². The molecule has 0 bridgehead atoms. The second-order valence-corrected chi connectivity index (χ2v) is 5.95. The Hall–Kier alpha value is -3.60. The van der Waals surface area contributed by atoms with Crippen LogP contribution >= 0.6 is 0 Å². The van der Waals surface area contributed by atoms with E-state index in [-0.39, 0.29) is 5.82 Å². The van der Waals surface area contributed by atoms with Gasteiger partial charge in [-0.15, -0.1) is 0 Å². The van der Waals surface area contributed by atoms with E-state index in [1.54, 1.807) is 22.8 Å². The molecule has 0 aliphatic heterocycles. The number of hydrogen-bond acceptors (Lipinski definition) is 3. The molecular weight excluding hydrogens is 327 g/mol. The van der Waals surface area contributed by atoms with Gasteiger partial charge in [0, 0.05) is 5.56 Å². The molecule has 124 valence electrons. The van der Waals surface area contributed by atoms with Crippen molar-refractivity contribution in [2.75, 3.05) is 0 Å². The first kappa shape index (κ1) is 14.7. The summed E-state index contributed by atoms with van der Waals surface area (Å²) < 4.78 is 16.3. The van der Waals surface area contributed by atoms with Gasteiger partial charge in [-0.05, 0) is 24.3 Å². The molecule has 0 saturated carbocycles. The smallest absolute Gasteiger partial charge is 0.199 e. The maximum Gasteiger partial charge on any atom is 0.199 e. The minimum atomic E-state index is -0.334. The van der Waals surface area contributed by atoms with Crippen molar-refractivity contribution in [3.05, 3.63) is 84.7 Å². The first-order chi connectivity index (χ1) is 12.8. The van der Waals surface area contributed by atoms with Crippen LogP contribution in [0.15, 0.2) is 78.9 Å². The molecule has 2 heterocycles. The van der Waals surface area contributed by atoms with E-state index in [4.69, 9.17) is 4.98 Å². The molecule has 5 aromatic rings. The molecule has 5 heteroatoms. The van der Waals surface area contributed by atoms with Gasteiger partial charge >= 0.3 is 0 Å². The van der Waals surface area contributed by atoms with Crippen LogP contribution in [-0.4, -0.2) is 19.5 Å². The Bertz CT molecular complexity index is 1250. The Morgan fingerprint density at radius 2 is 1.31 bits per heavy atom. The molecule has 0 radical (unpaired) electrons. The zero-order chi connectivity index (χ0) is 17.5. The molecule has 0 unspecified atom stereocenters. The molecule has 0 atom stereocenters. The molecule has 0 amide bonds. The van der Waals surface area contributed by atoms with Gasteiger partial charge in [-0.3, -0.25) is 4.57 Å². The molecule has 0 aliphatic rings. The molecular formula is C21H13FN4. The summed E-state index contributed by atoms with van der Waals surface area (Å²) >= 11 is 0. The number of halogens is 1. The third-order valence-corrected chi connectivity index (χ3v) is 4.30. The van der Waals surface area contributed by atoms with Crippen molar-refractivity contribution in [1.82, 2.24) is 19.5 Å². The Morgan fingerprint density at radius 1 is 0.654 bits per heavy atom. The molecule has 2 aromatic heterocycles. The number of imidazole rings is 1. The predicted molar refractivity (Wildman–Crippen MR) is 99.6 cm³/mol. The fourth-order valence-electron chi connectivity index (χ4n) is 3.10. The lowest BCUT2D eigenvalue weighted by molar-refractivity contribution is 0.619. The molecule has 0 N–H and O–H groups in total. The number of fused-ring (bicyclic) bond motifs is 2. The molecule has 0 aliphatic carbocycles. The number of para-hydroxylation sites is 3. The van der Waals surface area contributed by atoms with E-state index in [9.17, 15) is 4.39 Å². The first-order valence-electron chi connectivity index (χ1n) is 8.27. The first-order valence-corrected chi connectivity index (χ1v) is 8.27. The summed E-state index contributed by atoms with van der Waals surface area (Å²) in [5, 5.41) is 0. The van der Waals surface area contributed by atoms with Crippen molar-refractivity contribution in [1.29, 1.82) is 0 Å². The monoisotopic (exact) mass is 340 g/mol. The van der Waals surface area contributed by atoms with Gasteiger partial charge in [0.05, 0.1) is 16.7 Å². The average Bonchev–Trinajstić information content (AvgIpc) is 3.05. The highest BCUT2D eigenvalue weighted by Crippen LogP contribution is 2.29. The van der Waals surface area contributed by atoms with E-state index < -0.39 is 0 Å². The van der Waals surface area contributed by atoms with Crippen molar-refractivity contribution in [2.45, 2.75) is 0 Å². The van der Waals surface area contributed by atoms with E-state index in [1.165, 1.54) is 6.07 Å². The molecule has 4 nitrogen and oxygen atoms in total. The standard InChI is InChI=1S/C21H13FN4/c22-15-10-4-7-13-18(15)26-20(14-8-2-1-3-9-14)25-19-21(26)24-17-12-6-5-11-16(17)23-19/h1-13H. The van der Waals surface area contributed by atoms with E-state index in [1.807, 2.05) is 54.6 Å². The Morgan fingerprint density at radius 3 is 2.08 bits per heavy atom. The zero-order valence-electron chi connectivity index (χ0n) is 13.7. The average molecular weight is 340 g/mol. The normalized spacial score (nSPS) is 11.3. The summed E-state index contributed by atoms with van der Waals surface area (Å²) in [6.07, 6.45) is 0. The van der Waals surface area contributed by atoms with Crippen molar-refractivity contribution < 1.29 is 4.39 Å². The van der Waals surface area contributed by atoms with Gasteiger partial charge in [-0.1, -0.05) is 54.6 Å². The van der Waals surface area contributed by atoms with Gasteiger partial charge in [-0.25, -0.2) is 19.3 Å². The fraction of sp³-hybridized carbons (Fsp3) is 0. The van der Waals surface area contributed by atoms with Crippen LogP contribution in [0.25, 0.3) is 39.4 Å². The zero-order valence-corrected chi connectivity index (χ0v) is 13.7. The second-order valence-electron chi connectivity index (χ2n) is 5.95. The second kappa shape index (κ2) is 5.74. The summed E-state index contributed by atoms with van der Waals surface area (Å²) in [7, 11) is 0. The lowest BCUT2D eigenvalue weighted by Crippen LogP contribution is -2.01. The van der Waals surface area contributed by atoms with Gasteiger partial charge in [0.2, 0.25) is 0 Å². The summed E-state index contributed by atoms with van der Waals surface area (Å²) in [4.78, 5) is 14.0. The van der Waals surface area contributed by atoms with E-state index in [0.29, 0.717) is 22.8 Å². The summed E-state index contributed by atoms with van der Waals surface area (Å²) in [6, 6.07) is 23.9. The molecule has 3 aromatic carbocycles. The number of aromatic nitrogens is 4. The van der Waals surface area contributed by atoms with E-state index in [2.05, 4.69) is 9.97 Å². The molecule has 5 rings (SSSR count). The molecule has 26 heavy (non-hydrogen) atoms. The fourth-order valence-corrected chi connectivity index (χ4v) is 3.10. The van der Waals surface area contributed by atoms with Crippen LogP contribution in [0.2, 0.25) is 0 Å². The van der Waals surface area contributed by atoms with Crippen LogP contribution in [0.3, 0.4) is 0 Å². The van der Waals surface area contributed by atoms with Crippen molar-refractivity contribution in [3.63, 3.8) is 0 Å². The van der Waals surface area contributed by atoms with Gasteiger partial charge in [0.15, 0.2) is 11.3 Å². The highest BCUT2D eigenvalue weighted by atomic mass is 19.1. The SMILES string of the molecule is Fc1ccccc1-n1c(-c2ccccc2)nc2nc3ccccc3nc21. The van der Waals surface area contributed by atoms with Gasteiger partial charge < -0.3 is 0 Å². The maximum absolute atomic E-state index is 14.6. The Balaban J connectivity index is 1.92. The largest absolute Gasteiger partial charge is 0.272 e. The van der Waals surface area contributed by atoms with Gasteiger partial charge in [0.25, 0.3) is 0 Å². The number of nitrogens with zero attached hydrogens (tertiary/aromatic N) is 4. The maximum atomic E-state index is 14.6. The van der Waals surface area contributed by atoms with Crippen LogP contribution < -0.4 is 0 Å². The third kappa shape index (κ3) is 2.25. The van der Waals surface area contributed by atoms with Crippen LogP contribution in [0, 0.1) is 5.82 Å². The van der Waals surface area contributed by atoms with Crippen LogP contribution in [0.1, 0.15) is 0 Å². The van der Waals surface area contributed by atoms with Crippen LogP contribution in [-0.2, 0) is 0 Å². The highest BCUT2D eigenvalue weighted by Gasteiger charge is 2.19. The summed E-state index contributed by atoms with van der Waals surface area (Å²) in [5.41, 5.74) is 3.81. The minimum absolute atomic E-state index is 0.334. The predicted octanol–water partition coefficient (Wildman–Crippen LogP) is 4.77. The summed E-state index contributed by atoms with van der Waals surface area (Å²) in [5.74, 6) is 0.278. The number of benzene rings is 3. The minimum Gasteiger partial charge on any atom is -0.272 e. The Kier molecular flexibility index (Phi) is 3.25. The van der Waals surface area contributed by atoms with Crippen LogP contribution in [0.4, 0.5) is 4.39 Å².